The van der Waals surface area contributed by atoms with Crippen molar-refractivity contribution in [2.24, 2.45) is 0 Å². The molecule has 1 N–H and O–H groups in total. The standard InChI is InChI=1S/C10H12N/c11-10-7-3-5-8-4-1-2-6-9(8)10/h3,5,7,11H,1-2,4,6H2. The fraction of sp³-hybridized carbons (Fsp3) is 0.400. The van der Waals surface area contributed by atoms with Crippen molar-refractivity contribution >= 4 is 5.69 Å². The first kappa shape index (κ1) is 6.71. The number of hydrogen-bond acceptors (Lipinski definition) is 0. The van der Waals surface area contributed by atoms with Gasteiger partial charge in [0.25, 0.3) is 0 Å². The molecule has 0 amide bonds. The van der Waals surface area contributed by atoms with Crippen LogP contribution < -0.4 is 5.73 Å². The van der Waals surface area contributed by atoms with E-state index in [1.165, 1.54) is 30.4 Å². The van der Waals surface area contributed by atoms with Crippen LogP contribution in [0.5, 0.6) is 0 Å². The Labute approximate surface area is 67.2 Å². The Kier molecular flexibility index (Phi) is 1.57. The van der Waals surface area contributed by atoms with Gasteiger partial charge < -0.3 is 5.73 Å². The molecule has 0 heterocycles. The highest BCUT2D eigenvalue weighted by Gasteiger charge is 2.10. The van der Waals surface area contributed by atoms with Gasteiger partial charge in [-0.05, 0) is 42.9 Å². The van der Waals surface area contributed by atoms with Crippen LogP contribution in [-0.4, -0.2) is 0 Å². The van der Waals surface area contributed by atoms with E-state index in [-0.39, 0.29) is 0 Å². The van der Waals surface area contributed by atoms with Crippen molar-refractivity contribution in [2.45, 2.75) is 25.7 Å². The molecule has 0 saturated carbocycles. The van der Waals surface area contributed by atoms with Gasteiger partial charge >= 0.3 is 0 Å². The maximum atomic E-state index is 7.65. The molecule has 0 aromatic heterocycles. The molecule has 0 spiro atoms. The minimum Gasteiger partial charge on any atom is -0.301 e. The van der Waals surface area contributed by atoms with E-state index in [2.05, 4.69) is 6.07 Å². The first-order valence-electron chi connectivity index (χ1n) is 4.20. The van der Waals surface area contributed by atoms with E-state index in [1.807, 2.05) is 12.1 Å². The van der Waals surface area contributed by atoms with Gasteiger partial charge in [-0.1, -0.05) is 12.1 Å². The fourth-order valence-corrected chi connectivity index (χ4v) is 1.78. The second-order valence-corrected chi connectivity index (χ2v) is 3.15. The monoisotopic (exact) mass is 146 g/mol. The van der Waals surface area contributed by atoms with Crippen molar-refractivity contribution in [3.05, 3.63) is 29.3 Å². The van der Waals surface area contributed by atoms with Crippen LogP contribution in [0.2, 0.25) is 0 Å². The predicted octanol–water partition coefficient (Wildman–Crippen LogP) is 2.48. The lowest BCUT2D eigenvalue weighted by molar-refractivity contribution is 0.686. The number of hydrogen-bond donors (Lipinski definition) is 0. The fourth-order valence-electron chi connectivity index (χ4n) is 1.78. The summed E-state index contributed by atoms with van der Waals surface area (Å²) in [7, 11) is 0. The lowest BCUT2D eigenvalue weighted by Crippen LogP contribution is -2.02. The van der Waals surface area contributed by atoms with Gasteiger partial charge in [-0.3, -0.25) is 0 Å². The Hall–Kier alpha value is -0.980. The molecule has 0 unspecified atom stereocenters. The van der Waals surface area contributed by atoms with E-state index in [0.29, 0.717) is 0 Å². The van der Waals surface area contributed by atoms with Crippen LogP contribution in [0.3, 0.4) is 0 Å². The molecule has 1 aromatic rings. The van der Waals surface area contributed by atoms with Crippen molar-refractivity contribution in [3.63, 3.8) is 0 Å². The molecule has 1 heteroatoms. The Morgan fingerprint density at radius 2 is 1.91 bits per heavy atom. The molecule has 57 valence electrons. The number of aryl methyl sites for hydroxylation is 1. The van der Waals surface area contributed by atoms with Crippen molar-refractivity contribution in [1.82, 2.24) is 5.73 Å². The average molecular weight is 146 g/mol. The molecule has 0 saturated heterocycles. The van der Waals surface area contributed by atoms with Crippen LogP contribution in [-0.2, 0) is 12.8 Å². The van der Waals surface area contributed by atoms with E-state index in [1.54, 1.807) is 0 Å². The Bertz CT molecular complexity index is 266. The van der Waals surface area contributed by atoms with E-state index < -0.39 is 0 Å². The lowest BCUT2D eigenvalue weighted by Gasteiger charge is -2.16. The molecule has 1 nitrogen and oxygen atoms in total. The van der Waals surface area contributed by atoms with Crippen LogP contribution in [0.1, 0.15) is 24.0 Å². The molecular weight excluding hydrogens is 134 g/mol. The quantitative estimate of drug-likeness (QED) is 0.537. The first-order chi connectivity index (χ1) is 5.38. The lowest BCUT2D eigenvalue weighted by atomic mass is 9.91. The van der Waals surface area contributed by atoms with Crippen LogP contribution in [0.25, 0.3) is 0 Å². The normalized spacial score (nSPS) is 16.0. The third-order valence-electron chi connectivity index (χ3n) is 2.40. The van der Waals surface area contributed by atoms with Crippen molar-refractivity contribution in [3.8, 4) is 0 Å². The topological polar surface area (TPSA) is 23.8 Å². The molecule has 0 bridgehead atoms. The van der Waals surface area contributed by atoms with Gasteiger partial charge in [0.05, 0.1) is 5.69 Å². The third kappa shape index (κ3) is 1.11. The van der Waals surface area contributed by atoms with Gasteiger partial charge in [-0.15, -0.1) is 0 Å². The zero-order valence-corrected chi connectivity index (χ0v) is 6.56. The molecular formula is C10H12N. The first-order valence-corrected chi connectivity index (χ1v) is 4.20. The number of rotatable bonds is 0. The Morgan fingerprint density at radius 3 is 2.73 bits per heavy atom. The molecule has 0 atom stereocenters. The average Bonchev–Trinajstić information content (AvgIpc) is 2.06. The largest absolute Gasteiger partial charge is 0.301 e. The summed E-state index contributed by atoms with van der Waals surface area (Å²) in [6.07, 6.45) is 4.87. The summed E-state index contributed by atoms with van der Waals surface area (Å²) in [5.41, 5.74) is 11.1. The molecule has 1 aliphatic rings. The molecule has 0 fully saturated rings. The van der Waals surface area contributed by atoms with Gasteiger partial charge in [0.15, 0.2) is 0 Å². The highest BCUT2D eigenvalue weighted by atomic mass is 14.6. The predicted molar refractivity (Wildman–Crippen MR) is 45.8 cm³/mol. The molecule has 1 radical (unpaired) electrons. The zero-order valence-electron chi connectivity index (χ0n) is 6.56. The van der Waals surface area contributed by atoms with E-state index in [0.717, 1.165) is 12.1 Å². The number of nitrogens with one attached hydrogen (secondary N) is 1. The van der Waals surface area contributed by atoms with E-state index in [4.69, 9.17) is 5.73 Å². The maximum Gasteiger partial charge on any atom is 0.0574 e. The molecule has 11 heavy (non-hydrogen) atoms. The van der Waals surface area contributed by atoms with Gasteiger partial charge in [0.2, 0.25) is 0 Å². The van der Waals surface area contributed by atoms with Gasteiger partial charge in [0, 0.05) is 0 Å². The highest BCUT2D eigenvalue weighted by Crippen LogP contribution is 2.26. The summed E-state index contributed by atoms with van der Waals surface area (Å²) in [6, 6.07) is 6.04. The molecule has 1 aliphatic carbocycles. The Balaban J connectivity index is 2.49. The zero-order chi connectivity index (χ0) is 7.68. The summed E-state index contributed by atoms with van der Waals surface area (Å²) in [6.45, 7) is 0. The third-order valence-corrected chi connectivity index (χ3v) is 2.40. The van der Waals surface area contributed by atoms with Crippen molar-refractivity contribution < 1.29 is 0 Å². The van der Waals surface area contributed by atoms with Crippen LogP contribution in [0, 0.1) is 0 Å². The summed E-state index contributed by atoms with van der Waals surface area (Å²) in [5, 5.41) is 0. The second-order valence-electron chi connectivity index (χ2n) is 3.15. The smallest absolute Gasteiger partial charge is 0.0574 e. The van der Waals surface area contributed by atoms with Crippen LogP contribution in [0.4, 0.5) is 5.69 Å². The molecule has 2 rings (SSSR count). The summed E-state index contributed by atoms with van der Waals surface area (Å²) in [4.78, 5) is 0. The summed E-state index contributed by atoms with van der Waals surface area (Å²) >= 11 is 0. The summed E-state index contributed by atoms with van der Waals surface area (Å²) < 4.78 is 0. The van der Waals surface area contributed by atoms with Gasteiger partial charge in [0.1, 0.15) is 0 Å². The van der Waals surface area contributed by atoms with E-state index in [9.17, 15) is 0 Å². The minimum atomic E-state index is 0.738. The van der Waals surface area contributed by atoms with Crippen LogP contribution >= 0.6 is 0 Å². The van der Waals surface area contributed by atoms with Gasteiger partial charge in [-0.25, -0.2) is 0 Å². The second kappa shape index (κ2) is 2.57. The van der Waals surface area contributed by atoms with Gasteiger partial charge in [-0.2, -0.15) is 0 Å². The molecule has 0 aliphatic heterocycles. The molecule has 1 aromatic carbocycles. The Morgan fingerprint density at radius 1 is 1.09 bits per heavy atom. The maximum absolute atomic E-state index is 7.65. The summed E-state index contributed by atoms with van der Waals surface area (Å²) in [5.74, 6) is 0. The number of benzene rings is 1. The van der Waals surface area contributed by atoms with Crippen LogP contribution in [0.15, 0.2) is 18.2 Å². The van der Waals surface area contributed by atoms with Crippen molar-refractivity contribution in [2.75, 3.05) is 0 Å². The SMILES string of the molecule is [NH]c1cccc2c1CCCC2. The minimum absolute atomic E-state index is 0.738. The highest BCUT2D eigenvalue weighted by molar-refractivity contribution is 5.49. The van der Waals surface area contributed by atoms with Crippen molar-refractivity contribution in [1.29, 1.82) is 0 Å². The van der Waals surface area contributed by atoms with E-state index >= 15 is 0 Å². The number of fused-ring (bicyclic) bond motifs is 1.